The predicted octanol–water partition coefficient (Wildman–Crippen LogP) is 2.64. The van der Waals surface area contributed by atoms with E-state index >= 15 is 0 Å². The summed E-state index contributed by atoms with van der Waals surface area (Å²) in [6, 6.07) is 3.18. The Hall–Kier alpha value is -2.02. The third kappa shape index (κ3) is 7.07. The lowest BCUT2D eigenvalue weighted by Gasteiger charge is -2.32. The van der Waals surface area contributed by atoms with Crippen LogP contribution < -0.4 is 10.6 Å². The van der Waals surface area contributed by atoms with Crippen molar-refractivity contribution in [1.29, 1.82) is 0 Å². The molecule has 2 aliphatic rings. The van der Waals surface area contributed by atoms with E-state index in [1.54, 1.807) is 0 Å². The first-order valence-electron chi connectivity index (χ1n) is 10.7. The second-order valence-corrected chi connectivity index (χ2v) is 8.32. The van der Waals surface area contributed by atoms with Crippen LogP contribution in [0.2, 0.25) is 0 Å². The Labute approximate surface area is 171 Å². The Morgan fingerprint density at radius 2 is 1.62 bits per heavy atom. The first-order valence-corrected chi connectivity index (χ1v) is 10.7. The third-order valence-electron chi connectivity index (χ3n) is 6.04. The number of rotatable bonds is 8. The van der Waals surface area contributed by atoms with Crippen LogP contribution in [0.5, 0.6) is 0 Å². The van der Waals surface area contributed by atoms with Gasteiger partial charge in [0.1, 0.15) is 11.6 Å². The van der Waals surface area contributed by atoms with Crippen molar-refractivity contribution >= 4 is 11.8 Å². The summed E-state index contributed by atoms with van der Waals surface area (Å²) in [6.45, 7) is 4.05. The maximum atomic E-state index is 13.2. The normalized spacial score (nSPS) is 18.7. The summed E-state index contributed by atoms with van der Waals surface area (Å²) in [4.78, 5) is 26.4. The fraction of sp³-hybridized carbons (Fsp3) is 0.636. The SMILES string of the molecule is O=C(Cc1cc(F)cc(F)c1)NCC1CCN(CCNC(=O)C2CCCC2)CC1. The molecule has 0 aromatic heterocycles. The molecule has 0 bridgehead atoms. The van der Waals surface area contributed by atoms with Gasteiger partial charge >= 0.3 is 0 Å². The number of hydrogen-bond acceptors (Lipinski definition) is 3. The predicted molar refractivity (Wildman–Crippen MR) is 107 cm³/mol. The fourth-order valence-electron chi connectivity index (χ4n) is 4.30. The minimum absolute atomic E-state index is 0.0196. The molecule has 160 valence electrons. The molecule has 0 radical (unpaired) electrons. The van der Waals surface area contributed by atoms with Gasteiger partial charge in [-0.25, -0.2) is 8.78 Å². The summed E-state index contributed by atoms with van der Waals surface area (Å²) in [6.07, 6.45) is 6.35. The summed E-state index contributed by atoms with van der Waals surface area (Å²) < 4.78 is 26.4. The minimum atomic E-state index is -0.667. The number of piperidine rings is 1. The number of benzene rings is 1. The third-order valence-corrected chi connectivity index (χ3v) is 6.04. The summed E-state index contributed by atoms with van der Waals surface area (Å²) >= 11 is 0. The molecule has 1 aromatic rings. The summed E-state index contributed by atoms with van der Waals surface area (Å²) in [5, 5.41) is 5.95. The Balaban J connectivity index is 1.28. The maximum Gasteiger partial charge on any atom is 0.224 e. The highest BCUT2D eigenvalue weighted by molar-refractivity contribution is 5.79. The topological polar surface area (TPSA) is 61.4 Å². The molecule has 1 heterocycles. The van der Waals surface area contributed by atoms with Gasteiger partial charge in [-0.3, -0.25) is 9.59 Å². The van der Waals surface area contributed by atoms with Crippen molar-refractivity contribution in [3.63, 3.8) is 0 Å². The Morgan fingerprint density at radius 3 is 2.28 bits per heavy atom. The molecule has 1 saturated heterocycles. The maximum absolute atomic E-state index is 13.2. The number of halogens is 2. The number of likely N-dealkylation sites (tertiary alicyclic amines) is 1. The summed E-state index contributed by atoms with van der Waals surface area (Å²) in [7, 11) is 0. The number of amides is 2. The van der Waals surface area contributed by atoms with Gasteiger partial charge in [-0.1, -0.05) is 12.8 Å². The highest BCUT2D eigenvalue weighted by atomic mass is 19.1. The fourth-order valence-corrected chi connectivity index (χ4v) is 4.30. The Morgan fingerprint density at radius 1 is 0.966 bits per heavy atom. The van der Waals surface area contributed by atoms with E-state index in [1.807, 2.05) is 0 Å². The molecule has 1 saturated carbocycles. The van der Waals surface area contributed by atoms with Gasteiger partial charge in [0.25, 0.3) is 0 Å². The largest absolute Gasteiger partial charge is 0.356 e. The van der Waals surface area contributed by atoms with Crippen LogP contribution in [0, 0.1) is 23.5 Å². The van der Waals surface area contributed by atoms with E-state index in [0.717, 1.165) is 51.4 Å². The smallest absolute Gasteiger partial charge is 0.224 e. The highest BCUT2D eigenvalue weighted by Gasteiger charge is 2.23. The number of nitrogens with one attached hydrogen (secondary N) is 2. The van der Waals surface area contributed by atoms with Crippen molar-refractivity contribution in [2.24, 2.45) is 11.8 Å². The van der Waals surface area contributed by atoms with Crippen molar-refractivity contribution in [1.82, 2.24) is 15.5 Å². The first kappa shape index (κ1) is 21.7. The monoisotopic (exact) mass is 407 g/mol. The molecule has 0 atom stereocenters. The van der Waals surface area contributed by atoms with Crippen LogP contribution in [0.25, 0.3) is 0 Å². The molecule has 29 heavy (non-hydrogen) atoms. The zero-order chi connectivity index (χ0) is 20.6. The Kier molecular flexibility index (Phi) is 7.98. The van der Waals surface area contributed by atoms with Crippen LogP contribution in [-0.4, -0.2) is 49.4 Å². The lowest BCUT2D eigenvalue weighted by Crippen LogP contribution is -2.42. The zero-order valence-corrected chi connectivity index (χ0v) is 16.9. The van der Waals surface area contributed by atoms with Crippen molar-refractivity contribution in [2.75, 3.05) is 32.7 Å². The molecule has 2 amide bonds. The van der Waals surface area contributed by atoms with Crippen molar-refractivity contribution < 1.29 is 18.4 Å². The molecule has 1 aliphatic carbocycles. The number of nitrogens with zero attached hydrogens (tertiary/aromatic N) is 1. The standard InChI is InChI=1S/C22H31F2N3O2/c23-19-11-17(12-20(24)14-19)13-21(28)26-15-16-5-8-27(9-6-16)10-7-25-22(29)18-3-1-2-4-18/h11-12,14,16,18H,1-10,13,15H2,(H,25,29)(H,26,28). The number of hydrogen-bond donors (Lipinski definition) is 2. The quantitative estimate of drug-likeness (QED) is 0.697. The lowest BCUT2D eigenvalue weighted by atomic mass is 9.96. The molecule has 7 heteroatoms. The molecule has 1 aliphatic heterocycles. The van der Waals surface area contributed by atoms with Crippen molar-refractivity contribution in [3.8, 4) is 0 Å². The van der Waals surface area contributed by atoms with Crippen LogP contribution >= 0.6 is 0 Å². The first-order chi connectivity index (χ1) is 14.0. The van der Waals surface area contributed by atoms with E-state index in [2.05, 4.69) is 15.5 Å². The van der Waals surface area contributed by atoms with E-state index in [-0.39, 0.29) is 24.2 Å². The molecular formula is C22H31F2N3O2. The average molecular weight is 408 g/mol. The lowest BCUT2D eigenvalue weighted by molar-refractivity contribution is -0.124. The van der Waals surface area contributed by atoms with Gasteiger partial charge < -0.3 is 15.5 Å². The van der Waals surface area contributed by atoms with E-state index in [0.29, 0.717) is 24.6 Å². The zero-order valence-electron chi connectivity index (χ0n) is 16.9. The summed E-state index contributed by atoms with van der Waals surface area (Å²) in [5.41, 5.74) is 0.342. The van der Waals surface area contributed by atoms with E-state index in [9.17, 15) is 18.4 Å². The Bertz CT molecular complexity index is 679. The molecule has 3 rings (SSSR count). The van der Waals surface area contributed by atoms with Gasteiger partial charge in [0, 0.05) is 31.6 Å². The van der Waals surface area contributed by atoms with E-state index in [1.165, 1.54) is 25.0 Å². The van der Waals surface area contributed by atoms with Crippen molar-refractivity contribution in [2.45, 2.75) is 44.9 Å². The number of carbonyl (C=O) groups is 2. The van der Waals surface area contributed by atoms with E-state index < -0.39 is 11.6 Å². The second kappa shape index (κ2) is 10.7. The molecule has 2 fully saturated rings. The van der Waals surface area contributed by atoms with Gasteiger partial charge in [0.15, 0.2) is 0 Å². The van der Waals surface area contributed by atoms with Gasteiger partial charge in [-0.2, -0.15) is 0 Å². The molecule has 5 nitrogen and oxygen atoms in total. The average Bonchev–Trinajstić information content (AvgIpc) is 3.21. The molecule has 2 N–H and O–H groups in total. The van der Waals surface area contributed by atoms with E-state index in [4.69, 9.17) is 0 Å². The van der Waals surface area contributed by atoms with Gasteiger partial charge in [-0.05, 0) is 62.4 Å². The number of carbonyl (C=O) groups excluding carboxylic acids is 2. The minimum Gasteiger partial charge on any atom is -0.356 e. The molecular weight excluding hydrogens is 376 g/mol. The van der Waals surface area contributed by atoms with Crippen LogP contribution in [0.1, 0.15) is 44.1 Å². The highest BCUT2D eigenvalue weighted by Crippen LogP contribution is 2.24. The van der Waals surface area contributed by atoms with Crippen LogP contribution in [0.3, 0.4) is 0 Å². The van der Waals surface area contributed by atoms with Crippen LogP contribution in [0.15, 0.2) is 18.2 Å². The second-order valence-electron chi connectivity index (χ2n) is 8.32. The summed E-state index contributed by atoms with van der Waals surface area (Å²) in [5.74, 6) is -0.717. The molecule has 0 unspecified atom stereocenters. The van der Waals surface area contributed by atoms with Gasteiger partial charge in [0.2, 0.25) is 11.8 Å². The van der Waals surface area contributed by atoms with Gasteiger partial charge in [0.05, 0.1) is 6.42 Å². The van der Waals surface area contributed by atoms with Crippen LogP contribution in [0.4, 0.5) is 8.78 Å². The van der Waals surface area contributed by atoms with Crippen molar-refractivity contribution in [3.05, 3.63) is 35.4 Å². The molecule has 1 aromatic carbocycles. The van der Waals surface area contributed by atoms with Crippen LogP contribution in [-0.2, 0) is 16.0 Å². The molecule has 0 spiro atoms. The van der Waals surface area contributed by atoms with Gasteiger partial charge in [-0.15, -0.1) is 0 Å².